The minimum Gasteiger partial charge on any atom is -0.388 e. The van der Waals surface area contributed by atoms with E-state index in [1.165, 1.54) is 0 Å². The van der Waals surface area contributed by atoms with Crippen LogP contribution in [0.4, 0.5) is 0 Å². The highest BCUT2D eigenvalue weighted by Gasteiger charge is 2.42. The van der Waals surface area contributed by atoms with Crippen LogP contribution in [0.15, 0.2) is 0 Å². The molecule has 1 rings (SSSR count). The van der Waals surface area contributed by atoms with Gasteiger partial charge in [-0.25, -0.2) is 4.18 Å². The molecule has 10 heteroatoms. The van der Waals surface area contributed by atoms with E-state index in [1.807, 2.05) is 0 Å². The van der Waals surface area contributed by atoms with Crippen molar-refractivity contribution < 1.29 is 37.2 Å². The highest BCUT2D eigenvalue weighted by atomic mass is 32.3. The van der Waals surface area contributed by atoms with Crippen molar-refractivity contribution in [3.05, 3.63) is 0 Å². The van der Waals surface area contributed by atoms with Gasteiger partial charge in [0, 0.05) is 0 Å². The SMILES string of the molecule is N[C@@H]1[C@@H](O)[C@@H](O)[C@@H](COS(=O)(=O)O)O[C@@H]1O. The van der Waals surface area contributed by atoms with E-state index in [4.69, 9.17) is 15.0 Å². The van der Waals surface area contributed by atoms with Crippen LogP contribution in [0.2, 0.25) is 0 Å². The zero-order valence-corrected chi connectivity index (χ0v) is 8.82. The van der Waals surface area contributed by atoms with Crippen LogP contribution in [0, 0.1) is 0 Å². The Morgan fingerprint density at radius 2 is 1.81 bits per heavy atom. The van der Waals surface area contributed by atoms with E-state index in [9.17, 15) is 23.7 Å². The highest BCUT2D eigenvalue weighted by molar-refractivity contribution is 7.80. The Hall–Kier alpha value is -0.330. The minimum atomic E-state index is -4.68. The van der Waals surface area contributed by atoms with Crippen molar-refractivity contribution in [3.8, 4) is 0 Å². The van der Waals surface area contributed by atoms with Gasteiger partial charge in [0.2, 0.25) is 0 Å². The van der Waals surface area contributed by atoms with E-state index >= 15 is 0 Å². The fourth-order valence-electron chi connectivity index (χ4n) is 1.26. The molecule has 6 N–H and O–H groups in total. The largest absolute Gasteiger partial charge is 0.397 e. The zero-order valence-electron chi connectivity index (χ0n) is 8.00. The molecule has 0 spiro atoms. The summed E-state index contributed by atoms with van der Waals surface area (Å²) < 4.78 is 37.4. The molecule has 0 aromatic carbocycles. The summed E-state index contributed by atoms with van der Waals surface area (Å²) in [7, 11) is -4.68. The van der Waals surface area contributed by atoms with Gasteiger partial charge >= 0.3 is 10.4 Å². The van der Waals surface area contributed by atoms with Crippen LogP contribution in [0.1, 0.15) is 0 Å². The van der Waals surface area contributed by atoms with Crippen LogP contribution in [0.5, 0.6) is 0 Å². The number of ether oxygens (including phenoxy) is 1. The second-order valence-electron chi connectivity index (χ2n) is 3.34. The number of hydrogen-bond donors (Lipinski definition) is 5. The second kappa shape index (κ2) is 4.89. The molecule has 1 aliphatic rings. The minimum absolute atomic E-state index is 0.749. The summed E-state index contributed by atoms with van der Waals surface area (Å²) >= 11 is 0. The van der Waals surface area contributed by atoms with Crippen LogP contribution < -0.4 is 5.73 Å². The van der Waals surface area contributed by atoms with Crippen molar-refractivity contribution in [1.29, 1.82) is 0 Å². The van der Waals surface area contributed by atoms with E-state index in [2.05, 4.69) is 4.18 Å². The second-order valence-corrected chi connectivity index (χ2v) is 4.43. The van der Waals surface area contributed by atoms with Gasteiger partial charge < -0.3 is 25.8 Å². The van der Waals surface area contributed by atoms with Crippen LogP contribution in [-0.2, 0) is 19.3 Å². The van der Waals surface area contributed by atoms with E-state index in [-0.39, 0.29) is 0 Å². The van der Waals surface area contributed by atoms with Crippen molar-refractivity contribution in [3.63, 3.8) is 0 Å². The summed E-state index contributed by atoms with van der Waals surface area (Å²) in [6.45, 7) is -0.749. The summed E-state index contributed by atoms with van der Waals surface area (Å²) in [5.74, 6) is 0. The van der Waals surface area contributed by atoms with Gasteiger partial charge in [0.15, 0.2) is 6.29 Å². The Bertz CT molecular complexity index is 331. The Morgan fingerprint density at radius 1 is 1.25 bits per heavy atom. The lowest BCUT2D eigenvalue weighted by Crippen LogP contribution is -2.62. The average molecular weight is 259 g/mol. The predicted octanol–water partition coefficient (Wildman–Crippen LogP) is -3.43. The number of aliphatic hydroxyl groups excluding tert-OH is 3. The van der Waals surface area contributed by atoms with Gasteiger partial charge in [-0.05, 0) is 0 Å². The summed E-state index contributed by atoms with van der Waals surface area (Å²) in [5, 5.41) is 27.9. The van der Waals surface area contributed by atoms with Gasteiger partial charge in [-0.3, -0.25) is 4.55 Å². The fraction of sp³-hybridized carbons (Fsp3) is 1.00. The summed E-state index contributed by atoms with van der Waals surface area (Å²) in [6, 6.07) is -1.21. The van der Waals surface area contributed by atoms with Crippen LogP contribution in [0.25, 0.3) is 0 Å². The topological polar surface area (TPSA) is 160 Å². The standard InChI is InChI=1S/C6H13NO8S/c7-3-5(9)4(8)2(15-6(3)10)1-14-16(11,12)13/h2-6,8-10H,1,7H2,(H,11,12,13)/t2-,3-,4+,5-,6+/m1/s1. The lowest BCUT2D eigenvalue weighted by Gasteiger charge is -2.38. The number of hydrogen-bond acceptors (Lipinski definition) is 8. The summed E-state index contributed by atoms with van der Waals surface area (Å²) in [4.78, 5) is 0. The molecule has 96 valence electrons. The molecule has 0 bridgehead atoms. The molecule has 0 unspecified atom stereocenters. The molecule has 1 fully saturated rings. The third-order valence-corrected chi connectivity index (χ3v) is 2.58. The maximum Gasteiger partial charge on any atom is 0.397 e. The Balaban J connectivity index is 2.61. The predicted molar refractivity (Wildman–Crippen MR) is 48.4 cm³/mol. The van der Waals surface area contributed by atoms with Gasteiger partial charge in [0.25, 0.3) is 0 Å². The summed E-state index contributed by atoms with van der Waals surface area (Å²) in [5.41, 5.74) is 5.26. The van der Waals surface area contributed by atoms with Gasteiger partial charge in [0.05, 0.1) is 12.6 Å². The fourth-order valence-corrected chi connectivity index (χ4v) is 1.56. The van der Waals surface area contributed by atoms with Crippen molar-refractivity contribution in [1.82, 2.24) is 0 Å². The molecule has 0 saturated carbocycles. The summed E-state index contributed by atoms with van der Waals surface area (Å²) in [6.07, 6.45) is -5.89. The Morgan fingerprint density at radius 3 is 2.31 bits per heavy atom. The molecule has 0 radical (unpaired) electrons. The third kappa shape index (κ3) is 3.33. The van der Waals surface area contributed by atoms with Crippen molar-refractivity contribution in [2.75, 3.05) is 6.61 Å². The molecule has 1 saturated heterocycles. The first-order valence-electron chi connectivity index (χ1n) is 4.29. The first-order valence-corrected chi connectivity index (χ1v) is 5.66. The molecule has 1 aliphatic heterocycles. The quantitative estimate of drug-likeness (QED) is 0.325. The van der Waals surface area contributed by atoms with Gasteiger partial charge in [-0.15, -0.1) is 0 Å². The average Bonchev–Trinajstić information content (AvgIpc) is 2.17. The third-order valence-electron chi connectivity index (χ3n) is 2.15. The molecule has 0 aromatic heterocycles. The molecule has 16 heavy (non-hydrogen) atoms. The molecule has 0 aliphatic carbocycles. The van der Waals surface area contributed by atoms with E-state index in [0.29, 0.717) is 0 Å². The van der Waals surface area contributed by atoms with Crippen molar-refractivity contribution in [2.24, 2.45) is 5.73 Å². The van der Waals surface area contributed by atoms with Gasteiger partial charge in [-0.2, -0.15) is 8.42 Å². The Kier molecular flexibility index (Phi) is 4.20. The van der Waals surface area contributed by atoms with Gasteiger partial charge in [-0.1, -0.05) is 0 Å². The molecule has 5 atom stereocenters. The molecule has 9 nitrogen and oxygen atoms in total. The number of nitrogens with two attached hydrogens (primary N) is 1. The number of rotatable bonds is 3. The monoisotopic (exact) mass is 259 g/mol. The first-order chi connectivity index (χ1) is 7.22. The maximum atomic E-state index is 10.3. The lowest BCUT2D eigenvalue weighted by molar-refractivity contribution is -0.247. The molecule has 0 amide bonds. The van der Waals surface area contributed by atoms with E-state index in [1.54, 1.807) is 0 Å². The van der Waals surface area contributed by atoms with Crippen molar-refractivity contribution >= 4 is 10.4 Å². The maximum absolute atomic E-state index is 10.3. The van der Waals surface area contributed by atoms with E-state index in [0.717, 1.165) is 0 Å². The molecular formula is C6H13NO8S. The van der Waals surface area contributed by atoms with E-state index < -0.39 is 47.6 Å². The molecule has 0 aromatic rings. The van der Waals surface area contributed by atoms with Crippen LogP contribution >= 0.6 is 0 Å². The normalized spacial score (nSPS) is 40.9. The van der Waals surface area contributed by atoms with Crippen LogP contribution in [-0.4, -0.2) is 65.5 Å². The molecular weight excluding hydrogens is 246 g/mol. The smallest absolute Gasteiger partial charge is 0.388 e. The Labute approximate surface area is 91.3 Å². The van der Waals surface area contributed by atoms with Crippen LogP contribution in [0.3, 0.4) is 0 Å². The highest BCUT2D eigenvalue weighted by Crippen LogP contribution is 2.19. The zero-order chi connectivity index (χ0) is 12.5. The number of aliphatic hydroxyl groups is 3. The molecule has 1 heterocycles. The lowest BCUT2D eigenvalue weighted by atomic mass is 9.98. The first kappa shape index (κ1) is 13.7. The van der Waals surface area contributed by atoms with Gasteiger partial charge in [0.1, 0.15) is 18.3 Å². The van der Waals surface area contributed by atoms with Crippen molar-refractivity contribution in [2.45, 2.75) is 30.6 Å².